The maximum absolute atomic E-state index is 12.6. The fourth-order valence-corrected chi connectivity index (χ4v) is 3.31. The van der Waals surface area contributed by atoms with E-state index in [0.717, 1.165) is 12.1 Å². The SMILES string of the molecule is COc1ccc(C(=O)[O-])cc1N=Nc1cc(S(=O)(=O)O)c2ccccc2c1[O-].[Na+].[Na+]. The number of fused-ring (bicyclic) bond motifs is 1. The Hall–Kier alpha value is -1.50. The first-order valence-electron chi connectivity index (χ1n) is 7.73. The number of carbonyl (C=O) groups excluding carboxylic acids is 1. The van der Waals surface area contributed by atoms with Gasteiger partial charge in [0.2, 0.25) is 0 Å². The van der Waals surface area contributed by atoms with Gasteiger partial charge >= 0.3 is 59.1 Å². The van der Waals surface area contributed by atoms with Gasteiger partial charge in [-0.15, -0.1) is 5.11 Å². The van der Waals surface area contributed by atoms with E-state index in [1.165, 1.54) is 43.5 Å². The number of aromatic carboxylic acids is 1. The average molecular weight is 446 g/mol. The Labute approximate surface area is 216 Å². The Morgan fingerprint density at radius 1 is 1.00 bits per heavy atom. The molecule has 0 radical (unpaired) electrons. The van der Waals surface area contributed by atoms with Crippen LogP contribution in [0.3, 0.4) is 0 Å². The third-order valence-corrected chi connectivity index (χ3v) is 4.79. The largest absolute Gasteiger partial charge is 1.00 e. The number of ether oxygens (including phenoxy) is 1. The third kappa shape index (κ3) is 5.59. The molecule has 0 bridgehead atoms. The van der Waals surface area contributed by atoms with Crippen molar-refractivity contribution in [2.75, 3.05) is 7.11 Å². The topological polar surface area (TPSA) is 152 Å². The molecule has 1 N–H and O–H groups in total. The predicted molar refractivity (Wildman–Crippen MR) is 94.7 cm³/mol. The summed E-state index contributed by atoms with van der Waals surface area (Å²) in [6.45, 7) is 0. The van der Waals surface area contributed by atoms with E-state index >= 15 is 0 Å². The number of hydrogen-bond acceptors (Lipinski definition) is 8. The van der Waals surface area contributed by atoms with E-state index in [0.29, 0.717) is 0 Å². The number of hydrogen-bond donors (Lipinski definition) is 1. The van der Waals surface area contributed by atoms with Gasteiger partial charge in [-0.2, -0.15) is 13.5 Å². The smallest absolute Gasteiger partial charge is 0.871 e. The van der Waals surface area contributed by atoms with Crippen LogP contribution >= 0.6 is 0 Å². The van der Waals surface area contributed by atoms with E-state index < -0.39 is 26.7 Å². The van der Waals surface area contributed by atoms with Crippen LogP contribution in [0.1, 0.15) is 10.4 Å². The standard InChI is InChI=1S/C18H14N2O7S.2Na/c1-27-15-7-6-10(18(22)23)8-13(15)19-20-14-9-16(28(24,25)26)11-4-2-3-5-12(11)17(14)21;;/h2-9,21H,1H3,(H,22,23)(H,24,25,26);;/q;2*+1/p-2. The summed E-state index contributed by atoms with van der Waals surface area (Å²) in [6, 6.07) is 10.4. The number of rotatable bonds is 5. The van der Waals surface area contributed by atoms with Gasteiger partial charge in [-0.1, -0.05) is 30.0 Å². The molecular formula is C18H12N2Na2O7S. The zero-order valence-electron chi connectivity index (χ0n) is 16.3. The van der Waals surface area contributed by atoms with E-state index in [1.807, 2.05) is 0 Å². The molecule has 0 aliphatic heterocycles. The third-order valence-electron chi connectivity index (χ3n) is 3.90. The molecule has 0 unspecified atom stereocenters. The number of benzene rings is 3. The molecular weight excluding hydrogens is 434 g/mol. The Bertz CT molecular complexity index is 1230. The van der Waals surface area contributed by atoms with Crippen molar-refractivity contribution in [3.63, 3.8) is 0 Å². The predicted octanol–water partition coefficient (Wildman–Crippen LogP) is -4.04. The summed E-state index contributed by atoms with van der Waals surface area (Å²) in [7, 11) is -3.30. The number of nitrogens with zero attached hydrogens (tertiary/aromatic N) is 2. The Morgan fingerprint density at radius 3 is 2.17 bits per heavy atom. The van der Waals surface area contributed by atoms with Crippen LogP contribution < -0.4 is 74.1 Å². The van der Waals surface area contributed by atoms with Crippen LogP contribution in [0.15, 0.2) is 63.7 Å². The van der Waals surface area contributed by atoms with Crippen LogP contribution in [0.4, 0.5) is 11.4 Å². The second kappa shape index (κ2) is 10.7. The van der Waals surface area contributed by atoms with Crippen LogP contribution in [-0.4, -0.2) is 26.0 Å². The molecule has 3 aromatic carbocycles. The molecule has 12 heteroatoms. The minimum atomic E-state index is -4.63. The van der Waals surface area contributed by atoms with Crippen molar-refractivity contribution in [3.8, 4) is 11.5 Å². The summed E-state index contributed by atoms with van der Waals surface area (Å²) in [6.07, 6.45) is 0. The molecule has 0 amide bonds. The molecule has 0 atom stereocenters. The molecule has 3 aromatic rings. The van der Waals surface area contributed by atoms with Crippen molar-refractivity contribution < 1.29 is 91.8 Å². The molecule has 0 saturated heterocycles. The zero-order valence-corrected chi connectivity index (χ0v) is 21.1. The van der Waals surface area contributed by atoms with Crippen molar-refractivity contribution in [2.45, 2.75) is 4.90 Å². The second-order valence-corrected chi connectivity index (χ2v) is 7.01. The molecule has 30 heavy (non-hydrogen) atoms. The van der Waals surface area contributed by atoms with E-state index in [2.05, 4.69) is 10.2 Å². The summed E-state index contributed by atoms with van der Waals surface area (Å²) in [5, 5.41) is 31.2. The average Bonchev–Trinajstić information content (AvgIpc) is 2.66. The minimum Gasteiger partial charge on any atom is -0.871 e. The first kappa shape index (κ1) is 26.5. The van der Waals surface area contributed by atoms with Gasteiger partial charge < -0.3 is 19.7 Å². The molecule has 144 valence electrons. The Morgan fingerprint density at radius 2 is 1.60 bits per heavy atom. The van der Waals surface area contributed by atoms with Gasteiger partial charge in [0, 0.05) is 5.39 Å². The van der Waals surface area contributed by atoms with Crippen LogP contribution in [0, 0.1) is 0 Å². The quantitative estimate of drug-likeness (QED) is 0.238. The minimum absolute atomic E-state index is 0. The van der Waals surface area contributed by atoms with Crippen LogP contribution in [0.25, 0.3) is 10.8 Å². The molecule has 0 aromatic heterocycles. The van der Waals surface area contributed by atoms with Gasteiger partial charge in [0.15, 0.2) is 0 Å². The van der Waals surface area contributed by atoms with Gasteiger partial charge in [-0.05, 0) is 35.2 Å². The van der Waals surface area contributed by atoms with Gasteiger partial charge in [-0.3, -0.25) is 4.55 Å². The zero-order chi connectivity index (χ0) is 20.5. The molecule has 9 nitrogen and oxygen atoms in total. The number of methoxy groups -OCH3 is 1. The number of carboxylic acid groups (broad SMARTS) is 1. The molecule has 0 aliphatic rings. The molecule has 0 heterocycles. The van der Waals surface area contributed by atoms with Crippen molar-refractivity contribution >= 4 is 38.2 Å². The maximum Gasteiger partial charge on any atom is 1.00 e. The van der Waals surface area contributed by atoms with E-state index in [9.17, 15) is 28.0 Å². The van der Waals surface area contributed by atoms with Crippen molar-refractivity contribution in [1.29, 1.82) is 0 Å². The summed E-state index contributed by atoms with van der Waals surface area (Å²) < 4.78 is 37.9. The summed E-state index contributed by atoms with van der Waals surface area (Å²) >= 11 is 0. The Balaban J connectivity index is 0.00000225. The van der Waals surface area contributed by atoms with Crippen LogP contribution in [0.5, 0.6) is 11.5 Å². The van der Waals surface area contributed by atoms with Crippen LogP contribution in [0.2, 0.25) is 0 Å². The fraction of sp³-hybridized carbons (Fsp3) is 0.0556. The number of carbonyl (C=O) groups is 1. The van der Waals surface area contributed by atoms with E-state index in [-0.39, 0.29) is 92.6 Å². The molecule has 0 aliphatic carbocycles. The van der Waals surface area contributed by atoms with Gasteiger partial charge in [-0.25, -0.2) is 0 Å². The first-order valence-corrected chi connectivity index (χ1v) is 9.17. The number of azo groups is 1. The van der Waals surface area contributed by atoms with Gasteiger partial charge in [0.05, 0.1) is 18.8 Å². The monoisotopic (exact) mass is 446 g/mol. The number of carboxylic acids is 1. The molecule has 0 saturated carbocycles. The normalized spacial score (nSPS) is 11.0. The van der Waals surface area contributed by atoms with Crippen molar-refractivity contribution in [1.82, 2.24) is 0 Å². The van der Waals surface area contributed by atoms with Crippen LogP contribution in [-0.2, 0) is 10.1 Å². The summed E-state index contributed by atoms with van der Waals surface area (Å²) in [4.78, 5) is 10.5. The van der Waals surface area contributed by atoms with Crippen molar-refractivity contribution in [2.24, 2.45) is 10.2 Å². The van der Waals surface area contributed by atoms with Crippen molar-refractivity contribution in [3.05, 3.63) is 54.1 Å². The molecule has 0 spiro atoms. The first-order chi connectivity index (χ1) is 13.2. The van der Waals surface area contributed by atoms with Gasteiger partial charge in [0.1, 0.15) is 16.3 Å². The van der Waals surface area contributed by atoms with Gasteiger partial charge in [0.25, 0.3) is 10.1 Å². The second-order valence-electron chi connectivity index (χ2n) is 5.62. The molecule has 3 rings (SSSR count). The fourth-order valence-electron chi connectivity index (χ4n) is 2.59. The maximum atomic E-state index is 12.6. The van der Waals surface area contributed by atoms with E-state index in [4.69, 9.17) is 4.74 Å². The Kier molecular flexibility index (Phi) is 9.46. The summed E-state index contributed by atoms with van der Waals surface area (Å²) in [5.74, 6) is -1.87. The molecule has 0 fully saturated rings. The summed E-state index contributed by atoms with van der Waals surface area (Å²) in [5.41, 5.74) is -0.549. The van der Waals surface area contributed by atoms with E-state index in [1.54, 1.807) is 0 Å².